The lowest BCUT2D eigenvalue weighted by molar-refractivity contribution is -0.173. The average molecular weight is 449 g/mol. The van der Waals surface area contributed by atoms with Crippen molar-refractivity contribution in [1.82, 2.24) is 0 Å². The minimum Gasteiger partial charge on any atom is -0.470 e. The number of carbonyl (C=O) groups is 2. The van der Waals surface area contributed by atoms with Crippen LogP contribution in [0.1, 0.15) is 67.2 Å². The molecular weight excluding hydrogens is 408 g/mol. The fourth-order valence-corrected chi connectivity index (χ4v) is 3.40. The van der Waals surface area contributed by atoms with Gasteiger partial charge in [-0.05, 0) is 48.6 Å². The summed E-state index contributed by atoms with van der Waals surface area (Å²) in [4.78, 5) is 25.7. The van der Waals surface area contributed by atoms with Gasteiger partial charge in [0.15, 0.2) is 11.5 Å². The predicted octanol–water partition coefficient (Wildman–Crippen LogP) is 5.43. The first-order chi connectivity index (χ1) is 15.2. The normalized spacial score (nSPS) is 19.5. The summed E-state index contributed by atoms with van der Waals surface area (Å²) in [6.45, 7) is 13.3. The Hall–Kier alpha value is -2.24. The molecule has 6 nitrogen and oxygen atoms in total. The smallest absolute Gasteiger partial charge is 0.351 e. The number of rotatable bonds is 12. The number of ether oxygens (including phenoxy) is 4. The quantitative estimate of drug-likeness (QED) is 0.397. The molecule has 0 saturated heterocycles. The Kier molecular flexibility index (Phi) is 10.3. The van der Waals surface area contributed by atoms with E-state index < -0.39 is 24.1 Å². The van der Waals surface area contributed by atoms with Crippen LogP contribution in [0.15, 0.2) is 24.3 Å². The molecular formula is C26H40O6. The molecule has 32 heavy (non-hydrogen) atoms. The fraction of sp³-hybridized carbons (Fsp3) is 0.692. The second-order valence-electron chi connectivity index (χ2n) is 9.94. The minimum absolute atomic E-state index is 0.227. The standard InChI is InChI=1S/C26H40O6/c1-17(2)11-13-19(5)15-29-25(27)23-24(32-22-10-8-7-9-21(22)31-23)26(28)30-16-20(6)14-12-18(3)4/h7-10,17-20,23-24H,11-16H2,1-6H3. The Morgan fingerprint density at radius 1 is 0.719 bits per heavy atom. The topological polar surface area (TPSA) is 71.1 Å². The van der Waals surface area contributed by atoms with Gasteiger partial charge in [0.05, 0.1) is 13.2 Å². The van der Waals surface area contributed by atoms with Crippen molar-refractivity contribution in [3.8, 4) is 11.5 Å². The van der Waals surface area contributed by atoms with Crippen LogP contribution < -0.4 is 9.47 Å². The third-order valence-corrected chi connectivity index (χ3v) is 5.59. The van der Waals surface area contributed by atoms with Crippen LogP contribution in [0.2, 0.25) is 0 Å². The van der Waals surface area contributed by atoms with E-state index in [1.165, 1.54) is 0 Å². The molecule has 1 heterocycles. The van der Waals surface area contributed by atoms with Gasteiger partial charge in [0.25, 0.3) is 0 Å². The van der Waals surface area contributed by atoms with Crippen molar-refractivity contribution >= 4 is 11.9 Å². The van der Waals surface area contributed by atoms with Crippen molar-refractivity contribution in [1.29, 1.82) is 0 Å². The Morgan fingerprint density at radius 3 is 1.44 bits per heavy atom. The molecule has 1 aromatic rings. The molecule has 0 radical (unpaired) electrons. The average Bonchev–Trinajstić information content (AvgIpc) is 2.77. The van der Waals surface area contributed by atoms with E-state index in [1.807, 2.05) is 13.8 Å². The van der Waals surface area contributed by atoms with Crippen molar-refractivity contribution in [2.24, 2.45) is 23.7 Å². The predicted molar refractivity (Wildman–Crippen MR) is 124 cm³/mol. The van der Waals surface area contributed by atoms with E-state index in [0.29, 0.717) is 23.3 Å². The Labute approximate surface area is 193 Å². The molecule has 0 saturated carbocycles. The van der Waals surface area contributed by atoms with E-state index in [4.69, 9.17) is 18.9 Å². The van der Waals surface area contributed by atoms with Gasteiger partial charge in [-0.3, -0.25) is 0 Å². The van der Waals surface area contributed by atoms with Gasteiger partial charge in [-0.15, -0.1) is 0 Å². The number of fused-ring (bicyclic) bond motifs is 1. The van der Waals surface area contributed by atoms with E-state index in [1.54, 1.807) is 24.3 Å². The zero-order valence-electron chi connectivity index (χ0n) is 20.5. The van der Waals surface area contributed by atoms with Crippen molar-refractivity contribution < 1.29 is 28.5 Å². The van der Waals surface area contributed by atoms with Gasteiger partial charge in [0, 0.05) is 0 Å². The molecule has 0 aliphatic carbocycles. The molecule has 1 aliphatic heterocycles. The molecule has 180 valence electrons. The summed E-state index contributed by atoms with van der Waals surface area (Å²) in [6, 6.07) is 6.98. The van der Waals surface area contributed by atoms with Gasteiger partial charge >= 0.3 is 11.9 Å². The molecule has 4 atom stereocenters. The number of hydrogen-bond acceptors (Lipinski definition) is 6. The zero-order valence-corrected chi connectivity index (χ0v) is 20.5. The molecule has 6 heteroatoms. The first kappa shape index (κ1) is 26.0. The SMILES string of the molecule is CC(C)CCC(C)COC(=O)C1Oc2ccccc2OC1C(=O)OCC(C)CCC(C)C. The van der Waals surface area contributed by atoms with Gasteiger partial charge in [-0.2, -0.15) is 0 Å². The molecule has 1 aliphatic rings. The van der Waals surface area contributed by atoms with Crippen LogP contribution in [0.4, 0.5) is 0 Å². The Balaban J connectivity index is 2.00. The van der Waals surface area contributed by atoms with Crippen LogP contribution in [0.5, 0.6) is 11.5 Å². The highest BCUT2D eigenvalue weighted by Crippen LogP contribution is 2.34. The summed E-state index contributed by atoms with van der Waals surface area (Å²) in [5.41, 5.74) is 0. The van der Waals surface area contributed by atoms with Crippen LogP contribution in [-0.2, 0) is 19.1 Å². The molecule has 0 aromatic heterocycles. The molecule has 0 N–H and O–H groups in total. The van der Waals surface area contributed by atoms with E-state index in [0.717, 1.165) is 25.7 Å². The maximum atomic E-state index is 12.8. The summed E-state index contributed by atoms with van der Waals surface area (Å²) < 4.78 is 22.7. The molecule has 0 bridgehead atoms. The molecule has 4 unspecified atom stereocenters. The Bertz CT molecular complexity index is 668. The van der Waals surface area contributed by atoms with Gasteiger partial charge < -0.3 is 18.9 Å². The van der Waals surface area contributed by atoms with Gasteiger partial charge in [-0.1, -0.05) is 66.5 Å². The summed E-state index contributed by atoms with van der Waals surface area (Å²) >= 11 is 0. The second kappa shape index (κ2) is 12.7. The summed E-state index contributed by atoms with van der Waals surface area (Å²) in [7, 11) is 0. The second-order valence-corrected chi connectivity index (χ2v) is 9.94. The van der Waals surface area contributed by atoms with Crippen LogP contribution >= 0.6 is 0 Å². The summed E-state index contributed by atoms with van der Waals surface area (Å²) in [5.74, 6) is 1.27. The highest BCUT2D eigenvalue weighted by Gasteiger charge is 2.44. The fourth-order valence-electron chi connectivity index (χ4n) is 3.40. The summed E-state index contributed by atoms with van der Waals surface area (Å²) in [6.07, 6.45) is 1.69. The largest absolute Gasteiger partial charge is 0.470 e. The molecule has 0 amide bonds. The van der Waals surface area contributed by atoms with E-state index in [2.05, 4.69) is 27.7 Å². The van der Waals surface area contributed by atoms with E-state index in [9.17, 15) is 9.59 Å². The summed E-state index contributed by atoms with van der Waals surface area (Å²) in [5, 5.41) is 0. The maximum absolute atomic E-state index is 12.8. The Morgan fingerprint density at radius 2 is 1.09 bits per heavy atom. The molecule has 0 spiro atoms. The van der Waals surface area contributed by atoms with E-state index >= 15 is 0 Å². The molecule has 2 rings (SSSR count). The minimum atomic E-state index is -1.19. The van der Waals surface area contributed by atoms with Crippen molar-refractivity contribution in [3.63, 3.8) is 0 Å². The van der Waals surface area contributed by atoms with E-state index in [-0.39, 0.29) is 25.0 Å². The first-order valence-corrected chi connectivity index (χ1v) is 11.9. The number of esters is 2. The third-order valence-electron chi connectivity index (χ3n) is 5.59. The van der Waals surface area contributed by atoms with Crippen LogP contribution in [0.3, 0.4) is 0 Å². The first-order valence-electron chi connectivity index (χ1n) is 11.9. The highest BCUT2D eigenvalue weighted by molar-refractivity contribution is 5.87. The lowest BCUT2D eigenvalue weighted by atomic mass is 10.00. The zero-order chi connectivity index (χ0) is 23.7. The number of para-hydroxylation sites is 2. The molecule has 1 aromatic carbocycles. The van der Waals surface area contributed by atoms with Gasteiger partial charge in [0.1, 0.15) is 0 Å². The lowest BCUT2D eigenvalue weighted by Gasteiger charge is -2.31. The number of benzene rings is 1. The molecule has 0 fully saturated rings. The van der Waals surface area contributed by atoms with Crippen LogP contribution in [-0.4, -0.2) is 37.4 Å². The van der Waals surface area contributed by atoms with Crippen molar-refractivity contribution in [2.45, 2.75) is 79.4 Å². The van der Waals surface area contributed by atoms with Gasteiger partial charge in [0.2, 0.25) is 12.2 Å². The highest BCUT2D eigenvalue weighted by atomic mass is 16.6. The monoisotopic (exact) mass is 448 g/mol. The van der Waals surface area contributed by atoms with Crippen molar-refractivity contribution in [3.05, 3.63) is 24.3 Å². The number of hydrogen-bond donors (Lipinski definition) is 0. The van der Waals surface area contributed by atoms with Crippen molar-refractivity contribution in [2.75, 3.05) is 13.2 Å². The van der Waals surface area contributed by atoms with Crippen LogP contribution in [0.25, 0.3) is 0 Å². The number of carbonyl (C=O) groups excluding carboxylic acids is 2. The lowest BCUT2D eigenvalue weighted by Crippen LogP contribution is -2.51. The van der Waals surface area contributed by atoms with Gasteiger partial charge in [-0.25, -0.2) is 9.59 Å². The van der Waals surface area contributed by atoms with Crippen LogP contribution in [0, 0.1) is 23.7 Å². The third kappa shape index (κ3) is 8.36. The maximum Gasteiger partial charge on any atom is 0.351 e.